The van der Waals surface area contributed by atoms with Gasteiger partial charge < -0.3 is 4.74 Å². The lowest BCUT2D eigenvalue weighted by Crippen LogP contribution is -2.18. The topological polar surface area (TPSA) is 26.3 Å². The van der Waals surface area contributed by atoms with Crippen LogP contribution in [0.5, 0.6) is 0 Å². The van der Waals surface area contributed by atoms with E-state index >= 15 is 0 Å². The van der Waals surface area contributed by atoms with E-state index in [2.05, 4.69) is 49.1 Å². The average molecular weight is 423 g/mol. The molecule has 6 aliphatic carbocycles. The van der Waals surface area contributed by atoms with Gasteiger partial charge in [0, 0.05) is 23.8 Å². The van der Waals surface area contributed by atoms with E-state index in [1.165, 1.54) is 42.4 Å². The Kier molecular flexibility index (Phi) is 4.80. The van der Waals surface area contributed by atoms with Gasteiger partial charge in [-0.15, -0.1) is 0 Å². The molecule has 2 saturated carbocycles. The van der Waals surface area contributed by atoms with Crippen molar-refractivity contribution in [3.63, 3.8) is 0 Å². The Morgan fingerprint density at radius 1 is 1.00 bits per heavy atom. The number of rotatable bonds is 8. The van der Waals surface area contributed by atoms with Crippen molar-refractivity contribution >= 4 is 5.78 Å². The lowest BCUT2D eigenvalue weighted by atomic mass is 9.81. The summed E-state index contributed by atoms with van der Waals surface area (Å²) in [7, 11) is 0. The molecule has 32 heavy (non-hydrogen) atoms. The van der Waals surface area contributed by atoms with Crippen molar-refractivity contribution in [1.29, 1.82) is 0 Å². The van der Waals surface area contributed by atoms with Crippen molar-refractivity contribution in [2.75, 3.05) is 6.61 Å². The van der Waals surface area contributed by atoms with Gasteiger partial charge in [0.1, 0.15) is 0 Å². The molecule has 2 nitrogen and oxygen atoms in total. The van der Waals surface area contributed by atoms with Crippen LogP contribution in [0.4, 0.5) is 0 Å². The van der Waals surface area contributed by atoms with Crippen LogP contribution >= 0.6 is 0 Å². The summed E-state index contributed by atoms with van der Waals surface area (Å²) in [5, 5.41) is 0. The zero-order chi connectivity index (χ0) is 21.7. The molecule has 0 aromatic heterocycles. The molecular formula is C30H30O2. The zero-order valence-electron chi connectivity index (χ0n) is 18.6. The highest BCUT2D eigenvalue weighted by Gasteiger charge is 2.55. The normalized spacial score (nSPS) is 28.9. The van der Waals surface area contributed by atoms with Crippen LogP contribution in [0.3, 0.4) is 0 Å². The third-order valence-electron chi connectivity index (χ3n) is 7.69. The number of ether oxygens (including phenoxy) is 1. The second kappa shape index (κ2) is 7.71. The molecular weight excluding hydrogens is 392 g/mol. The smallest absolute Gasteiger partial charge is 0.163 e. The van der Waals surface area contributed by atoms with E-state index in [0.717, 1.165) is 35.7 Å². The fraction of sp³-hybridized carbons (Fsp3) is 0.367. The van der Waals surface area contributed by atoms with Crippen molar-refractivity contribution in [2.45, 2.75) is 44.1 Å². The van der Waals surface area contributed by atoms with Crippen LogP contribution in [0, 0.1) is 17.8 Å². The van der Waals surface area contributed by atoms with E-state index < -0.39 is 0 Å². The van der Waals surface area contributed by atoms with Gasteiger partial charge in [-0.1, -0.05) is 66.8 Å². The predicted octanol–water partition coefficient (Wildman–Crippen LogP) is 6.44. The Bertz CT molecular complexity index is 1120. The summed E-state index contributed by atoms with van der Waals surface area (Å²) in [5.41, 5.74) is 7.05. The highest BCUT2D eigenvalue weighted by Crippen LogP contribution is 2.56. The average Bonchev–Trinajstić information content (AvgIpc) is 3.72. The molecule has 0 heterocycles. The summed E-state index contributed by atoms with van der Waals surface area (Å²) < 4.78 is 6.34. The molecule has 6 aliphatic rings. The van der Waals surface area contributed by atoms with Crippen LogP contribution in [-0.4, -0.2) is 18.0 Å². The number of hydrogen-bond acceptors (Lipinski definition) is 2. The van der Waals surface area contributed by atoms with Gasteiger partial charge in [0.2, 0.25) is 0 Å². The van der Waals surface area contributed by atoms with Crippen LogP contribution in [0.15, 0.2) is 107 Å². The minimum absolute atomic E-state index is 0.198. The minimum Gasteiger partial charge on any atom is -0.370 e. The number of carbonyl (C=O) groups excluding carboxylic acids is 1. The van der Waals surface area contributed by atoms with Gasteiger partial charge in [-0.2, -0.15) is 0 Å². The van der Waals surface area contributed by atoms with E-state index in [0.29, 0.717) is 12.3 Å². The predicted molar refractivity (Wildman–Crippen MR) is 129 cm³/mol. The van der Waals surface area contributed by atoms with Gasteiger partial charge in [0.15, 0.2) is 5.78 Å². The van der Waals surface area contributed by atoms with Gasteiger partial charge in [-0.3, -0.25) is 4.79 Å². The first-order chi connectivity index (χ1) is 15.6. The zero-order valence-corrected chi connectivity index (χ0v) is 18.6. The first kappa shape index (κ1) is 19.9. The molecule has 0 bridgehead atoms. The molecule has 0 aromatic rings. The van der Waals surface area contributed by atoms with E-state index in [1.54, 1.807) is 0 Å². The number of carbonyl (C=O) groups is 1. The third kappa shape index (κ3) is 3.82. The van der Waals surface area contributed by atoms with Crippen LogP contribution in [0.1, 0.15) is 38.5 Å². The first-order valence-corrected chi connectivity index (χ1v) is 12.0. The molecule has 162 valence electrons. The Labute approximate surface area is 190 Å². The molecule has 0 spiro atoms. The van der Waals surface area contributed by atoms with Crippen LogP contribution in [0.25, 0.3) is 0 Å². The standard InChI is InChI=1S/C30H30O2/c1-20-14-26(18-24-4-2-3-5-28(20)24)29(31)11-7-21-15-23-8-6-22(17-25(23)16-21)19-32-30(12-13-30)27-9-10-27/h2-6,8,14-18,25,27-28H,1,7,9-13,19H2. The number of ketones is 1. The van der Waals surface area contributed by atoms with Crippen LogP contribution in [-0.2, 0) is 9.53 Å². The molecule has 2 heteroatoms. The second-order valence-electron chi connectivity index (χ2n) is 10.1. The summed E-state index contributed by atoms with van der Waals surface area (Å²) in [6.45, 7) is 4.90. The van der Waals surface area contributed by atoms with Gasteiger partial charge >= 0.3 is 0 Å². The van der Waals surface area contributed by atoms with Crippen LogP contribution < -0.4 is 0 Å². The molecule has 2 fully saturated rings. The fourth-order valence-electron chi connectivity index (χ4n) is 5.47. The molecule has 0 aliphatic heterocycles. The maximum atomic E-state index is 12.9. The highest BCUT2D eigenvalue weighted by atomic mass is 16.5. The van der Waals surface area contributed by atoms with Crippen molar-refractivity contribution < 1.29 is 9.53 Å². The molecule has 0 aromatic carbocycles. The Morgan fingerprint density at radius 2 is 1.84 bits per heavy atom. The Balaban J connectivity index is 1.06. The van der Waals surface area contributed by atoms with Crippen molar-refractivity contribution in [3.05, 3.63) is 107 Å². The second-order valence-corrected chi connectivity index (χ2v) is 10.1. The monoisotopic (exact) mass is 422 g/mol. The summed E-state index contributed by atoms with van der Waals surface area (Å²) in [6.07, 6.45) is 30.2. The highest BCUT2D eigenvalue weighted by molar-refractivity contribution is 5.99. The SMILES string of the molecule is C=C1C=C(C(=O)CCC2=CC3C=C(COC4(C5CC5)CC4)C=CC3=C2)C=C2C=CC=CC12. The number of Topliss-reactive ketones (excluding diaryl/α,β-unsaturated/α-hetero) is 1. The molecule has 2 unspecified atom stereocenters. The van der Waals surface area contributed by atoms with Crippen molar-refractivity contribution in [1.82, 2.24) is 0 Å². The van der Waals surface area contributed by atoms with E-state index in [4.69, 9.17) is 4.74 Å². The minimum atomic E-state index is 0.198. The fourth-order valence-corrected chi connectivity index (χ4v) is 5.47. The lowest BCUT2D eigenvalue weighted by Gasteiger charge is -2.22. The number of allylic oxidation sites excluding steroid dienone is 15. The van der Waals surface area contributed by atoms with Crippen LogP contribution in [0.2, 0.25) is 0 Å². The first-order valence-electron chi connectivity index (χ1n) is 12.0. The van der Waals surface area contributed by atoms with Crippen molar-refractivity contribution in [2.24, 2.45) is 17.8 Å². The lowest BCUT2D eigenvalue weighted by molar-refractivity contribution is -0.115. The van der Waals surface area contributed by atoms with E-state index in [1.807, 2.05) is 24.3 Å². The maximum absolute atomic E-state index is 12.9. The quantitative estimate of drug-likeness (QED) is 0.450. The molecule has 0 amide bonds. The summed E-state index contributed by atoms with van der Waals surface area (Å²) >= 11 is 0. The van der Waals surface area contributed by atoms with E-state index in [-0.39, 0.29) is 17.3 Å². The summed E-state index contributed by atoms with van der Waals surface area (Å²) in [4.78, 5) is 12.9. The van der Waals surface area contributed by atoms with Gasteiger partial charge in [-0.25, -0.2) is 0 Å². The maximum Gasteiger partial charge on any atom is 0.163 e. The Morgan fingerprint density at radius 3 is 2.66 bits per heavy atom. The molecule has 0 N–H and O–H groups in total. The summed E-state index contributed by atoms with van der Waals surface area (Å²) in [6, 6.07) is 0. The molecule has 6 rings (SSSR count). The molecule has 2 atom stereocenters. The van der Waals surface area contributed by atoms with E-state index in [9.17, 15) is 4.79 Å². The number of hydrogen-bond donors (Lipinski definition) is 0. The molecule has 0 saturated heterocycles. The van der Waals surface area contributed by atoms with Gasteiger partial charge in [0.25, 0.3) is 0 Å². The number of fused-ring (bicyclic) bond motifs is 2. The molecule has 0 radical (unpaired) electrons. The Hall–Kier alpha value is -2.71. The largest absolute Gasteiger partial charge is 0.370 e. The van der Waals surface area contributed by atoms with Gasteiger partial charge in [0.05, 0.1) is 12.2 Å². The van der Waals surface area contributed by atoms with Crippen molar-refractivity contribution in [3.8, 4) is 0 Å². The third-order valence-corrected chi connectivity index (χ3v) is 7.69. The van der Waals surface area contributed by atoms with Gasteiger partial charge in [-0.05, 0) is 72.5 Å². The summed E-state index contributed by atoms with van der Waals surface area (Å²) in [5.74, 6) is 1.57.